The Hall–Kier alpha value is -0.220. The maximum atomic E-state index is 12.7. The highest BCUT2D eigenvalue weighted by Gasteiger charge is 2.35. The molecular weight excluding hydrogens is 186 g/mol. The van der Waals surface area contributed by atoms with Gasteiger partial charge in [0.05, 0.1) is 6.04 Å². The summed E-state index contributed by atoms with van der Waals surface area (Å²) in [4.78, 5) is 2.04. The molecule has 1 heterocycles. The zero-order chi connectivity index (χ0) is 9.97. The van der Waals surface area contributed by atoms with Gasteiger partial charge in [-0.3, -0.25) is 4.90 Å². The summed E-state index contributed by atoms with van der Waals surface area (Å²) in [6.45, 7) is 2.10. The van der Waals surface area contributed by atoms with E-state index in [9.17, 15) is 8.78 Å². The van der Waals surface area contributed by atoms with Crippen molar-refractivity contribution in [1.82, 2.24) is 10.2 Å². The summed E-state index contributed by atoms with van der Waals surface area (Å²) < 4.78 is 25.5. The molecule has 1 aliphatic carbocycles. The van der Waals surface area contributed by atoms with Crippen molar-refractivity contribution in [2.45, 2.75) is 44.2 Å². The molecule has 14 heavy (non-hydrogen) atoms. The van der Waals surface area contributed by atoms with Gasteiger partial charge in [-0.2, -0.15) is 0 Å². The maximum Gasteiger partial charge on any atom is 0.255 e. The van der Waals surface area contributed by atoms with Crippen molar-refractivity contribution in [1.29, 1.82) is 0 Å². The van der Waals surface area contributed by atoms with E-state index in [-0.39, 0.29) is 0 Å². The number of nitrogens with zero attached hydrogens (tertiary/aromatic N) is 1. The fourth-order valence-electron chi connectivity index (χ4n) is 2.66. The van der Waals surface area contributed by atoms with Crippen LogP contribution in [0, 0.1) is 0 Å². The van der Waals surface area contributed by atoms with Crippen LogP contribution in [0.5, 0.6) is 0 Å². The molecule has 2 fully saturated rings. The third-order valence-electron chi connectivity index (χ3n) is 3.41. The molecular formula is C10H18F2N2. The second-order valence-corrected chi connectivity index (χ2v) is 4.28. The highest BCUT2D eigenvalue weighted by molar-refractivity contribution is 4.88. The van der Waals surface area contributed by atoms with E-state index in [1.807, 2.05) is 4.90 Å². The number of halogens is 2. The molecule has 82 valence electrons. The van der Waals surface area contributed by atoms with Crippen LogP contribution in [-0.2, 0) is 0 Å². The molecule has 1 atom stereocenters. The van der Waals surface area contributed by atoms with E-state index in [0.29, 0.717) is 12.6 Å². The molecule has 0 amide bonds. The number of hydrogen-bond donors (Lipinski definition) is 1. The summed E-state index contributed by atoms with van der Waals surface area (Å²) in [7, 11) is 0. The Kier molecular flexibility index (Phi) is 3.34. The lowest BCUT2D eigenvalue weighted by Crippen LogP contribution is -2.57. The first-order chi connectivity index (χ1) is 6.79. The van der Waals surface area contributed by atoms with Crippen LogP contribution in [0.1, 0.15) is 25.7 Å². The third kappa shape index (κ3) is 2.06. The minimum atomic E-state index is -2.21. The Bertz CT molecular complexity index is 181. The molecule has 1 unspecified atom stereocenters. The van der Waals surface area contributed by atoms with Gasteiger partial charge in [-0.15, -0.1) is 0 Å². The summed E-state index contributed by atoms with van der Waals surface area (Å²) in [6, 6.07) is -0.122. The number of nitrogens with one attached hydrogen (secondary N) is 1. The van der Waals surface area contributed by atoms with Gasteiger partial charge in [0.1, 0.15) is 0 Å². The van der Waals surface area contributed by atoms with Gasteiger partial charge in [-0.25, -0.2) is 8.78 Å². The van der Waals surface area contributed by atoms with E-state index < -0.39 is 12.5 Å². The first kappa shape index (κ1) is 10.3. The third-order valence-corrected chi connectivity index (χ3v) is 3.41. The number of alkyl halides is 2. The largest absolute Gasteiger partial charge is 0.314 e. The van der Waals surface area contributed by atoms with E-state index in [1.165, 1.54) is 12.8 Å². The summed E-state index contributed by atoms with van der Waals surface area (Å²) in [5.74, 6) is 0. The smallest absolute Gasteiger partial charge is 0.255 e. The zero-order valence-corrected chi connectivity index (χ0v) is 8.38. The molecule has 0 radical (unpaired) electrons. The topological polar surface area (TPSA) is 15.3 Å². The Labute approximate surface area is 83.7 Å². The monoisotopic (exact) mass is 204 g/mol. The molecule has 2 rings (SSSR count). The molecule has 1 saturated heterocycles. The lowest BCUT2D eigenvalue weighted by atomic mass is 10.1. The normalized spacial score (nSPS) is 31.5. The predicted molar refractivity (Wildman–Crippen MR) is 51.6 cm³/mol. The van der Waals surface area contributed by atoms with Gasteiger partial charge in [-0.05, 0) is 12.8 Å². The molecule has 4 heteroatoms. The Morgan fingerprint density at radius 3 is 2.57 bits per heavy atom. The van der Waals surface area contributed by atoms with Crippen molar-refractivity contribution in [3.05, 3.63) is 0 Å². The van der Waals surface area contributed by atoms with Crippen molar-refractivity contribution >= 4 is 0 Å². The zero-order valence-electron chi connectivity index (χ0n) is 8.38. The second kappa shape index (κ2) is 4.53. The van der Waals surface area contributed by atoms with Gasteiger partial charge in [0, 0.05) is 25.7 Å². The first-order valence-electron chi connectivity index (χ1n) is 5.53. The molecule has 0 bridgehead atoms. The van der Waals surface area contributed by atoms with Gasteiger partial charge >= 0.3 is 0 Å². The summed E-state index contributed by atoms with van der Waals surface area (Å²) in [5.41, 5.74) is 0. The Balaban J connectivity index is 1.98. The van der Waals surface area contributed by atoms with Gasteiger partial charge in [0.25, 0.3) is 6.43 Å². The number of hydrogen-bond acceptors (Lipinski definition) is 2. The van der Waals surface area contributed by atoms with Gasteiger partial charge in [-0.1, -0.05) is 12.8 Å². The number of piperazine rings is 1. The molecule has 1 saturated carbocycles. The van der Waals surface area contributed by atoms with Crippen molar-refractivity contribution < 1.29 is 8.78 Å². The molecule has 1 N–H and O–H groups in total. The van der Waals surface area contributed by atoms with Gasteiger partial charge in [0.15, 0.2) is 0 Å². The fourth-order valence-corrected chi connectivity index (χ4v) is 2.66. The highest BCUT2D eigenvalue weighted by atomic mass is 19.3. The Morgan fingerprint density at radius 1 is 1.21 bits per heavy atom. The quantitative estimate of drug-likeness (QED) is 0.732. The predicted octanol–water partition coefficient (Wildman–Crippen LogP) is 1.47. The van der Waals surface area contributed by atoms with Crippen LogP contribution in [0.2, 0.25) is 0 Å². The van der Waals surface area contributed by atoms with Crippen LogP contribution in [0.25, 0.3) is 0 Å². The maximum absolute atomic E-state index is 12.7. The summed E-state index contributed by atoms with van der Waals surface area (Å²) in [5, 5.41) is 3.05. The summed E-state index contributed by atoms with van der Waals surface area (Å²) in [6.07, 6.45) is 2.45. The van der Waals surface area contributed by atoms with Crippen LogP contribution >= 0.6 is 0 Å². The average Bonchev–Trinajstić information content (AvgIpc) is 2.70. The fraction of sp³-hybridized carbons (Fsp3) is 1.00. The molecule has 0 aromatic heterocycles. The standard InChI is InChI=1S/C10H18F2N2/c11-10(12)9-7-13-5-6-14(9)8-3-1-2-4-8/h8-10,13H,1-7H2. The molecule has 1 aliphatic heterocycles. The number of rotatable bonds is 2. The van der Waals surface area contributed by atoms with Crippen molar-refractivity contribution in [2.75, 3.05) is 19.6 Å². The van der Waals surface area contributed by atoms with E-state index in [0.717, 1.165) is 25.9 Å². The molecule has 2 aliphatic rings. The van der Waals surface area contributed by atoms with Crippen LogP contribution in [0.3, 0.4) is 0 Å². The molecule has 2 nitrogen and oxygen atoms in total. The van der Waals surface area contributed by atoms with E-state index in [2.05, 4.69) is 5.32 Å². The van der Waals surface area contributed by atoms with Gasteiger partial charge in [0.2, 0.25) is 0 Å². The van der Waals surface area contributed by atoms with E-state index in [1.54, 1.807) is 0 Å². The lowest BCUT2D eigenvalue weighted by molar-refractivity contribution is -0.00867. The summed E-state index contributed by atoms with van der Waals surface area (Å²) >= 11 is 0. The SMILES string of the molecule is FC(F)C1CNCCN1C1CCCC1. The van der Waals surface area contributed by atoms with Gasteiger partial charge < -0.3 is 5.32 Å². The van der Waals surface area contributed by atoms with E-state index >= 15 is 0 Å². The average molecular weight is 204 g/mol. The van der Waals surface area contributed by atoms with Crippen LogP contribution in [-0.4, -0.2) is 43.0 Å². The highest BCUT2D eigenvalue weighted by Crippen LogP contribution is 2.27. The molecule has 0 spiro atoms. The van der Waals surface area contributed by atoms with Crippen LogP contribution in [0.4, 0.5) is 8.78 Å². The molecule has 0 aromatic rings. The first-order valence-corrected chi connectivity index (χ1v) is 5.53. The Morgan fingerprint density at radius 2 is 1.93 bits per heavy atom. The second-order valence-electron chi connectivity index (χ2n) is 4.28. The van der Waals surface area contributed by atoms with Crippen LogP contribution in [0.15, 0.2) is 0 Å². The lowest BCUT2D eigenvalue weighted by Gasteiger charge is -2.39. The van der Waals surface area contributed by atoms with E-state index in [4.69, 9.17) is 0 Å². The van der Waals surface area contributed by atoms with Crippen LogP contribution < -0.4 is 5.32 Å². The van der Waals surface area contributed by atoms with Crippen molar-refractivity contribution in [3.8, 4) is 0 Å². The van der Waals surface area contributed by atoms with Crippen molar-refractivity contribution in [3.63, 3.8) is 0 Å². The minimum Gasteiger partial charge on any atom is -0.314 e. The molecule has 0 aromatic carbocycles. The van der Waals surface area contributed by atoms with Crippen molar-refractivity contribution in [2.24, 2.45) is 0 Å². The minimum absolute atomic E-state index is 0.427.